The van der Waals surface area contributed by atoms with Gasteiger partial charge in [-0.25, -0.2) is 19.2 Å². The second-order valence-corrected chi connectivity index (χ2v) is 10.1. The molecule has 0 aliphatic carbocycles. The van der Waals surface area contributed by atoms with E-state index in [1.807, 2.05) is 0 Å². The van der Waals surface area contributed by atoms with Gasteiger partial charge in [-0.05, 0) is 48.5 Å². The maximum atomic E-state index is 13.2. The minimum Gasteiger partial charge on any atom is -0.458 e. The molecule has 1 fully saturated rings. The van der Waals surface area contributed by atoms with Crippen molar-refractivity contribution in [2.75, 3.05) is 6.61 Å². The van der Waals surface area contributed by atoms with E-state index in [2.05, 4.69) is 0 Å². The Balaban J connectivity index is 1.45. The van der Waals surface area contributed by atoms with Crippen molar-refractivity contribution in [2.24, 2.45) is 0 Å². The summed E-state index contributed by atoms with van der Waals surface area (Å²) in [7, 11) is 0. The van der Waals surface area contributed by atoms with E-state index in [0.717, 1.165) is 0 Å². The van der Waals surface area contributed by atoms with E-state index in [-0.39, 0.29) is 22.3 Å². The Labute approximate surface area is 258 Å². The van der Waals surface area contributed by atoms with Crippen molar-refractivity contribution >= 4 is 35.5 Å². The third kappa shape index (κ3) is 7.50. The van der Waals surface area contributed by atoms with Gasteiger partial charge in [0, 0.05) is 0 Å². The van der Waals surface area contributed by atoms with Crippen molar-refractivity contribution in [2.45, 2.75) is 30.0 Å². The SMILES string of the molecule is O=C(OC[C@H](OC(=O)c1ccccc1)[C@H]1O[C@H](Cl)[C@H](OC(=O)c2ccccc2)[C@H]1OC(=O)c1ccccc1)c1ccccc1. The largest absolute Gasteiger partial charge is 0.458 e. The summed E-state index contributed by atoms with van der Waals surface area (Å²) in [6.45, 7) is -0.487. The summed E-state index contributed by atoms with van der Waals surface area (Å²) < 4.78 is 28.8. The summed E-state index contributed by atoms with van der Waals surface area (Å²) >= 11 is 6.55. The van der Waals surface area contributed by atoms with E-state index in [9.17, 15) is 19.2 Å². The van der Waals surface area contributed by atoms with Crippen LogP contribution in [0.15, 0.2) is 121 Å². The fourth-order valence-corrected chi connectivity index (χ4v) is 4.83. The number of carbonyl (C=O) groups excluding carboxylic acids is 4. The summed E-state index contributed by atoms with van der Waals surface area (Å²) in [5.74, 6) is -2.93. The highest BCUT2D eigenvalue weighted by Crippen LogP contribution is 2.34. The molecule has 9 nitrogen and oxygen atoms in total. The Kier molecular flexibility index (Phi) is 10.0. The number of rotatable bonds is 10. The molecule has 0 saturated carbocycles. The van der Waals surface area contributed by atoms with Gasteiger partial charge in [-0.3, -0.25) is 0 Å². The minimum atomic E-state index is -1.36. The van der Waals surface area contributed by atoms with Crippen molar-refractivity contribution in [3.63, 3.8) is 0 Å². The maximum absolute atomic E-state index is 13.2. The van der Waals surface area contributed by atoms with Crippen molar-refractivity contribution < 1.29 is 42.9 Å². The lowest BCUT2D eigenvalue weighted by atomic mass is 10.1. The van der Waals surface area contributed by atoms with Gasteiger partial charge in [0.2, 0.25) is 0 Å². The van der Waals surface area contributed by atoms with Crippen molar-refractivity contribution in [1.82, 2.24) is 0 Å². The molecule has 224 valence electrons. The van der Waals surface area contributed by atoms with Crippen LogP contribution in [-0.4, -0.2) is 60.5 Å². The summed E-state index contributed by atoms with van der Waals surface area (Å²) in [4.78, 5) is 52.2. The third-order valence-electron chi connectivity index (χ3n) is 6.72. The maximum Gasteiger partial charge on any atom is 0.338 e. The smallest absolute Gasteiger partial charge is 0.338 e. The highest BCUT2D eigenvalue weighted by Gasteiger charge is 2.53. The van der Waals surface area contributed by atoms with Crippen LogP contribution in [0.2, 0.25) is 0 Å². The van der Waals surface area contributed by atoms with Crippen LogP contribution in [0.5, 0.6) is 0 Å². The molecule has 0 radical (unpaired) electrons. The highest BCUT2D eigenvalue weighted by molar-refractivity contribution is 6.20. The van der Waals surface area contributed by atoms with Crippen LogP contribution in [0.1, 0.15) is 41.4 Å². The molecule has 5 rings (SSSR count). The molecule has 0 aromatic heterocycles. The molecule has 4 aromatic carbocycles. The van der Waals surface area contributed by atoms with E-state index in [4.69, 9.17) is 35.3 Å². The fraction of sp³-hybridized carbons (Fsp3) is 0.176. The van der Waals surface area contributed by atoms with Gasteiger partial charge < -0.3 is 23.7 Å². The van der Waals surface area contributed by atoms with Gasteiger partial charge in [0.15, 0.2) is 23.9 Å². The van der Waals surface area contributed by atoms with Crippen LogP contribution in [0.4, 0.5) is 0 Å². The molecule has 44 heavy (non-hydrogen) atoms. The van der Waals surface area contributed by atoms with Gasteiger partial charge in [-0.15, -0.1) is 0 Å². The molecule has 0 bridgehead atoms. The molecule has 1 aliphatic heterocycles. The molecule has 4 aromatic rings. The van der Waals surface area contributed by atoms with Crippen LogP contribution in [0.3, 0.4) is 0 Å². The lowest BCUT2D eigenvalue weighted by molar-refractivity contribution is -0.0902. The molecular weight excluding hydrogens is 588 g/mol. The van der Waals surface area contributed by atoms with Crippen LogP contribution in [-0.2, 0) is 23.7 Å². The summed E-state index contributed by atoms with van der Waals surface area (Å²) in [6, 6.07) is 32.7. The first-order valence-corrected chi connectivity index (χ1v) is 14.1. The number of esters is 4. The van der Waals surface area contributed by atoms with Crippen LogP contribution < -0.4 is 0 Å². The van der Waals surface area contributed by atoms with Gasteiger partial charge >= 0.3 is 23.9 Å². The molecule has 1 heterocycles. The monoisotopic (exact) mass is 614 g/mol. The predicted octanol–water partition coefficient (Wildman–Crippen LogP) is 5.48. The number of benzene rings is 4. The van der Waals surface area contributed by atoms with E-state index in [1.54, 1.807) is 121 Å². The van der Waals surface area contributed by atoms with E-state index in [0.29, 0.717) is 0 Å². The van der Waals surface area contributed by atoms with Crippen LogP contribution in [0.25, 0.3) is 0 Å². The Bertz CT molecular complexity index is 1570. The molecule has 0 unspecified atom stereocenters. The number of alkyl halides is 1. The van der Waals surface area contributed by atoms with Crippen LogP contribution >= 0.6 is 11.6 Å². The quantitative estimate of drug-likeness (QED) is 0.130. The van der Waals surface area contributed by atoms with E-state index < -0.39 is 60.5 Å². The van der Waals surface area contributed by atoms with Gasteiger partial charge in [-0.1, -0.05) is 84.4 Å². The molecule has 1 saturated heterocycles. The molecule has 5 atom stereocenters. The molecular formula is C34H27ClO9. The number of hydrogen-bond donors (Lipinski definition) is 0. The summed E-state index contributed by atoms with van der Waals surface area (Å²) in [6.07, 6.45) is -5.30. The first-order chi connectivity index (χ1) is 21.4. The Morgan fingerprint density at radius 3 is 1.41 bits per heavy atom. The lowest BCUT2D eigenvalue weighted by Crippen LogP contribution is -2.47. The second-order valence-electron chi connectivity index (χ2n) is 9.70. The number of halogens is 1. The van der Waals surface area contributed by atoms with Crippen LogP contribution in [0, 0.1) is 0 Å². The number of carbonyl (C=O) groups is 4. The number of hydrogen-bond acceptors (Lipinski definition) is 9. The molecule has 0 spiro atoms. The van der Waals surface area contributed by atoms with Gasteiger partial charge in [-0.2, -0.15) is 0 Å². The second kappa shape index (κ2) is 14.5. The third-order valence-corrected chi connectivity index (χ3v) is 7.07. The zero-order valence-corrected chi connectivity index (χ0v) is 23.9. The topological polar surface area (TPSA) is 114 Å². The Morgan fingerprint density at radius 2 is 0.955 bits per heavy atom. The first kappa shape index (κ1) is 30.5. The molecule has 0 N–H and O–H groups in total. The van der Waals surface area contributed by atoms with E-state index in [1.165, 1.54) is 0 Å². The Hall–Kier alpha value is -4.99. The number of ether oxygens (including phenoxy) is 5. The normalized spacial score (nSPS) is 19.8. The average Bonchev–Trinajstić information content (AvgIpc) is 3.37. The molecule has 10 heteroatoms. The van der Waals surface area contributed by atoms with Gasteiger partial charge in [0.25, 0.3) is 0 Å². The molecule has 0 amide bonds. The van der Waals surface area contributed by atoms with E-state index >= 15 is 0 Å². The Morgan fingerprint density at radius 1 is 0.568 bits per heavy atom. The minimum absolute atomic E-state index is 0.214. The van der Waals surface area contributed by atoms with Crippen molar-refractivity contribution in [3.8, 4) is 0 Å². The fourth-order valence-electron chi connectivity index (χ4n) is 4.52. The van der Waals surface area contributed by atoms with Crippen molar-refractivity contribution in [3.05, 3.63) is 144 Å². The van der Waals surface area contributed by atoms with Gasteiger partial charge in [0.1, 0.15) is 12.7 Å². The summed E-state index contributed by atoms with van der Waals surface area (Å²) in [5, 5.41) is 0. The first-order valence-electron chi connectivity index (χ1n) is 13.7. The predicted molar refractivity (Wildman–Crippen MR) is 158 cm³/mol. The average molecular weight is 615 g/mol. The zero-order valence-electron chi connectivity index (χ0n) is 23.2. The van der Waals surface area contributed by atoms with Gasteiger partial charge in [0.05, 0.1) is 22.3 Å². The zero-order chi connectivity index (χ0) is 30.9. The standard InChI is InChI=1S/C34H27ClO9/c35-30-29(44-34(39)25-19-11-4-12-20-25)28(43-33(38)24-17-9-3-10-18-24)27(42-30)26(41-32(37)23-15-7-2-8-16-23)21-40-31(36)22-13-5-1-6-14-22/h1-20,26-30H,21H2/t26-,27+,28-,29+,30-/m0/s1. The summed E-state index contributed by atoms with van der Waals surface area (Å²) in [5.41, 5.74) is -0.381. The lowest BCUT2D eigenvalue weighted by Gasteiger charge is -2.28. The highest BCUT2D eigenvalue weighted by atomic mass is 35.5. The van der Waals surface area contributed by atoms with Crippen molar-refractivity contribution in [1.29, 1.82) is 0 Å². The molecule has 1 aliphatic rings.